The van der Waals surface area contributed by atoms with E-state index in [1.54, 1.807) is 0 Å². The second kappa shape index (κ2) is 9.98. The van der Waals surface area contributed by atoms with Crippen molar-refractivity contribution in [2.24, 2.45) is 0 Å². The molecule has 2 N–H and O–H groups in total. The summed E-state index contributed by atoms with van der Waals surface area (Å²) in [5.41, 5.74) is 3.98. The van der Waals surface area contributed by atoms with E-state index in [1.165, 1.54) is 5.69 Å². The van der Waals surface area contributed by atoms with Crippen LogP contribution in [-0.4, -0.2) is 72.6 Å². The van der Waals surface area contributed by atoms with E-state index in [0.717, 1.165) is 80.8 Å². The van der Waals surface area contributed by atoms with Crippen molar-refractivity contribution in [1.82, 2.24) is 20.3 Å². The van der Waals surface area contributed by atoms with Crippen molar-refractivity contribution in [3.05, 3.63) is 59.9 Å². The molecule has 0 bridgehead atoms. The number of hydrogen-bond donors (Lipinski definition) is 2. The molecule has 0 saturated carbocycles. The van der Waals surface area contributed by atoms with E-state index in [0.29, 0.717) is 18.5 Å². The van der Waals surface area contributed by atoms with Gasteiger partial charge in [0.25, 0.3) is 0 Å². The maximum Gasteiger partial charge on any atom is 0.229 e. The van der Waals surface area contributed by atoms with Crippen molar-refractivity contribution in [3.8, 4) is 0 Å². The van der Waals surface area contributed by atoms with E-state index in [-0.39, 0.29) is 17.1 Å². The van der Waals surface area contributed by atoms with Crippen LogP contribution in [-0.2, 0) is 14.9 Å². The molecular weight excluding hydrogens is 502 g/mol. The SMILES string of the molecule is CC1(C)C[C@@H]2N(c3cccc([C@H]4CCNC4)n3)c3nc(Nc4ccc(N5CCOCC5)cc4)ncc3[C@]2(C)CO1. The molecule has 9 nitrogen and oxygen atoms in total. The third-order valence-electron chi connectivity index (χ3n) is 9.09. The lowest BCUT2D eigenvalue weighted by Crippen LogP contribution is -2.54. The fraction of sp³-hybridized carbons (Fsp3) is 0.516. The second-order valence-corrected chi connectivity index (χ2v) is 12.4. The number of nitrogens with zero attached hydrogens (tertiary/aromatic N) is 5. The van der Waals surface area contributed by atoms with Crippen LogP contribution in [0, 0.1) is 0 Å². The molecule has 0 amide bonds. The Kier molecular flexibility index (Phi) is 6.40. The number of fused-ring (bicyclic) bond motifs is 3. The quantitative estimate of drug-likeness (QED) is 0.485. The molecule has 40 heavy (non-hydrogen) atoms. The first-order chi connectivity index (χ1) is 19.4. The van der Waals surface area contributed by atoms with Crippen LogP contribution in [0.25, 0.3) is 0 Å². The van der Waals surface area contributed by atoms with Gasteiger partial charge in [-0.05, 0) is 69.6 Å². The Morgan fingerprint density at radius 3 is 2.62 bits per heavy atom. The van der Waals surface area contributed by atoms with Crippen molar-refractivity contribution < 1.29 is 9.47 Å². The zero-order valence-electron chi connectivity index (χ0n) is 23.7. The highest BCUT2D eigenvalue weighted by atomic mass is 16.5. The summed E-state index contributed by atoms with van der Waals surface area (Å²) in [4.78, 5) is 19.8. The Morgan fingerprint density at radius 2 is 1.85 bits per heavy atom. The molecule has 0 aliphatic carbocycles. The molecule has 3 saturated heterocycles. The zero-order chi connectivity index (χ0) is 27.3. The van der Waals surface area contributed by atoms with Crippen molar-refractivity contribution in [2.45, 2.75) is 56.6 Å². The van der Waals surface area contributed by atoms with Crippen LogP contribution in [0.1, 0.15) is 50.8 Å². The molecule has 3 atom stereocenters. The smallest absolute Gasteiger partial charge is 0.229 e. The third-order valence-corrected chi connectivity index (χ3v) is 9.09. The molecule has 0 unspecified atom stereocenters. The van der Waals surface area contributed by atoms with Gasteiger partial charge >= 0.3 is 0 Å². The predicted molar refractivity (Wildman–Crippen MR) is 157 cm³/mol. The first kappa shape index (κ1) is 25.7. The van der Waals surface area contributed by atoms with E-state index >= 15 is 0 Å². The Balaban J connectivity index is 1.22. The summed E-state index contributed by atoms with van der Waals surface area (Å²) < 4.78 is 11.9. The molecule has 4 aliphatic rings. The van der Waals surface area contributed by atoms with Crippen LogP contribution in [0.15, 0.2) is 48.7 Å². The molecule has 7 rings (SSSR count). The minimum atomic E-state index is -0.228. The van der Waals surface area contributed by atoms with E-state index in [4.69, 9.17) is 24.4 Å². The summed E-state index contributed by atoms with van der Waals surface area (Å²) in [6.07, 6.45) is 3.99. The number of nitrogens with one attached hydrogen (secondary N) is 2. The topological polar surface area (TPSA) is 87.7 Å². The molecule has 2 aromatic heterocycles. The number of anilines is 5. The van der Waals surface area contributed by atoms with Gasteiger partial charge in [-0.1, -0.05) is 13.0 Å². The van der Waals surface area contributed by atoms with Gasteiger partial charge in [0.05, 0.1) is 31.5 Å². The van der Waals surface area contributed by atoms with Gasteiger partial charge in [-0.15, -0.1) is 0 Å². The first-order valence-corrected chi connectivity index (χ1v) is 14.6. The molecule has 1 aromatic carbocycles. The molecule has 6 heterocycles. The number of benzene rings is 1. The van der Waals surface area contributed by atoms with Crippen molar-refractivity contribution in [1.29, 1.82) is 0 Å². The molecule has 0 radical (unpaired) electrons. The summed E-state index contributed by atoms with van der Waals surface area (Å²) >= 11 is 0. The van der Waals surface area contributed by atoms with Gasteiger partial charge in [0.1, 0.15) is 11.6 Å². The van der Waals surface area contributed by atoms with Gasteiger partial charge < -0.3 is 29.9 Å². The summed E-state index contributed by atoms with van der Waals surface area (Å²) in [5, 5.41) is 6.93. The average molecular weight is 542 g/mol. The van der Waals surface area contributed by atoms with Gasteiger partial charge in [0.15, 0.2) is 0 Å². The lowest BCUT2D eigenvalue weighted by molar-refractivity contribution is -0.0893. The van der Waals surface area contributed by atoms with Gasteiger partial charge in [-0.2, -0.15) is 4.98 Å². The lowest BCUT2D eigenvalue weighted by Gasteiger charge is -2.46. The van der Waals surface area contributed by atoms with Crippen molar-refractivity contribution >= 4 is 29.0 Å². The maximum atomic E-state index is 6.38. The molecule has 0 spiro atoms. The highest BCUT2D eigenvalue weighted by Gasteiger charge is 2.55. The van der Waals surface area contributed by atoms with Crippen molar-refractivity contribution in [3.63, 3.8) is 0 Å². The number of hydrogen-bond acceptors (Lipinski definition) is 9. The molecule has 9 heteroatoms. The van der Waals surface area contributed by atoms with Gasteiger partial charge in [-0.3, -0.25) is 0 Å². The zero-order valence-corrected chi connectivity index (χ0v) is 23.7. The van der Waals surface area contributed by atoms with Crippen molar-refractivity contribution in [2.75, 3.05) is 61.1 Å². The average Bonchev–Trinajstić information content (AvgIpc) is 3.59. The first-order valence-electron chi connectivity index (χ1n) is 14.6. The van der Waals surface area contributed by atoms with E-state index < -0.39 is 0 Å². The largest absolute Gasteiger partial charge is 0.378 e. The molecule has 4 aliphatic heterocycles. The Hall–Kier alpha value is -3.27. The number of rotatable bonds is 5. The van der Waals surface area contributed by atoms with E-state index in [2.05, 4.69) is 83.7 Å². The predicted octanol–water partition coefficient (Wildman–Crippen LogP) is 4.51. The van der Waals surface area contributed by atoms with Gasteiger partial charge in [0.2, 0.25) is 5.95 Å². The lowest BCUT2D eigenvalue weighted by atomic mass is 9.73. The van der Waals surface area contributed by atoms with Crippen LogP contribution < -0.4 is 20.4 Å². The maximum absolute atomic E-state index is 6.38. The fourth-order valence-corrected chi connectivity index (χ4v) is 6.67. The normalized spacial score (nSPS) is 27.4. The number of aromatic nitrogens is 3. The van der Waals surface area contributed by atoms with Crippen LogP contribution in [0.3, 0.4) is 0 Å². The van der Waals surface area contributed by atoms with Gasteiger partial charge in [0, 0.05) is 59.8 Å². The Morgan fingerprint density at radius 1 is 1.02 bits per heavy atom. The Labute approximate surface area is 236 Å². The minimum absolute atomic E-state index is 0.174. The minimum Gasteiger partial charge on any atom is -0.378 e. The van der Waals surface area contributed by atoms with Crippen LogP contribution in [0.2, 0.25) is 0 Å². The number of pyridine rings is 1. The van der Waals surface area contributed by atoms with Crippen LogP contribution >= 0.6 is 0 Å². The number of morpholine rings is 1. The van der Waals surface area contributed by atoms with Crippen LogP contribution in [0.5, 0.6) is 0 Å². The number of ether oxygens (including phenoxy) is 2. The standard InChI is InChI=1S/C31H39N7O2/c1-30(2)17-26-31(3,20-40-30)24-19-33-29(34-22-7-9-23(10-8-22)37-13-15-39-16-14-37)36-28(24)38(26)27-6-4-5-25(35-27)21-11-12-32-18-21/h4-10,19,21,26,32H,11-18,20H2,1-3H3,(H,33,34,36)/t21-,26-,31-/m0/s1. The molecule has 210 valence electrons. The van der Waals surface area contributed by atoms with E-state index in [1.807, 2.05) is 6.20 Å². The third kappa shape index (κ3) is 4.60. The molecular formula is C31H39N7O2. The highest BCUT2D eigenvalue weighted by Crippen LogP contribution is 2.53. The fourth-order valence-electron chi connectivity index (χ4n) is 6.67. The summed E-state index contributed by atoms with van der Waals surface area (Å²) in [6, 6.07) is 15.1. The monoisotopic (exact) mass is 541 g/mol. The van der Waals surface area contributed by atoms with E-state index in [9.17, 15) is 0 Å². The summed E-state index contributed by atoms with van der Waals surface area (Å²) in [6.45, 7) is 12.7. The summed E-state index contributed by atoms with van der Waals surface area (Å²) in [7, 11) is 0. The Bertz CT molecular complexity index is 1370. The van der Waals surface area contributed by atoms with Gasteiger partial charge in [-0.25, -0.2) is 9.97 Å². The van der Waals surface area contributed by atoms with Crippen LogP contribution in [0.4, 0.5) is 29.0 Å². The highest BCUT2D eigenvalue weighted by molar-refractivity contribution is 5.71. The molecule has 3 fully saturated rings. The second-order valence-electron chi connectivity index (χ2n) is 12.4. The molecule has 3 aromatic rings. The summed E-state index contributed by atoms with van der Waals surface area (Å²) in [5.74, 6) is 2.91.